The van der Waals surface area contributed by atoms with Crippen molar-refractivity contribution in [3.8, 4) is 11.8 Å². The number of hydrogen-bond acceptors (Lipinski definition) is 7. The summed E-state index contributed by atoms with van der Waals surface area (Å²) in [5, 5.41) is 10.8. The highest BCUT2D eigenvalue weighted by molar-refractivity contribution is 5.99. The molecule has 0 radical (unpaired) electrons. The van der Waals surface area contributed by atoms with E-state index in [2.05, 4.69) is 16.8 Å². The molecule has 0 aliphatic carbocycles. The molecule has 2 atom stereocenters. The van der Waals surface area contributed by atoms with Gasteiger partial charge in [0.2, 0.25) is 0 Å². The molecular weight excluding hydrogens is 364 g/mol. The molecule has 8 heteroatoms. The molecule has 1 aromatic carbocycles. The zero-order valence-corrected chi connectivity index (χ0v) is 15.8. The van der Waals surface area contributed by atoms with Crippen molar-refractivity contribution in [1.29, 1.82) is 0 Å². The Morgan fingerprint density at radius 1 is 1.18 bits per heavy atom. The van der Waals surface area contributed by atoms with E-state index < -0.39 is 28.7 Å². The molecule has 1 aromatic rings. The van der Waals surface area contributed by atoms with Crippen LogP contribution < -0.4 is 0 Å². The molecule has 1 aliphatic heterocycles. The summed E-state index contributed by atoms with van der Waals surface area (Å²) >= 11 is 0. The van der Waals surface area contributed by atoms with Gasteiger partial charge in [-0.3, -0.25) is 19.9 Å². The van der Waals surface area contributed by atoms with Gasteiger partial charge in [-0.05, 0) is 32.9 Å². The van der Waals surface area contributed by atoms with Crippen LogP contribution in [0.15, 0.2) is 40.5 Å². The molecule has 0 amide bonds. The highest BCUT2D eigenvalue weighted by atomic mass is 16.6. The number of non-ortho nitro benzene ring substituents is 1. The molecule has 0 saturated carbocycles. The van der Waals surface area contributed by atoms with Crippen molar-refractivity contribution in [2.75, 3.05) is 13.2 Å². The van der Waals surface area contributed by atoms with E-state index in [4.69, 9.17) is 9.47 Å². The van der Waals surface area contributed by atoms with Gasteiger partial charge in [-0.2, -0.15) is 0 Å². The number of ether oxygens (including phenoxy) is 2. The lowest BCUT2D eigenvalue weighted by Crippen LogP contribution is -2.33. The first-order valence-electron chi connectivity index (χ1n) is 8.73. The Labute approximate surface area is 162 Å². The number of nitro benzene ring substituents is 1. The monoisotopic (exact) mass is 384 g/mol. The molecule has 28 heavy (non-hydrogen) atoms. The van der Waals surface area contributed by atoms with Gasteiger partial charge in [0.25, 0.3) is 5.69 Å². The zero-order chi connectivity index (χ0) is 20.7. The summed E-state index contributed by atoms with van der Waals surface area (Å²) in [6.45, 7) is 5.36. The Morgan fingerprint density at radius 3 is 2.39 bits per heavy atom. The number of rotatable bonds is 5. The van der Waals surface area contributed by atoms with E-state index >= 15 is 0 Å². The number of carbonyl (C=O) groups excluding carboxylic acids is 2. The van der Waals surface area contributed by atoms with Crippen molar-refractivity contribution in [3.05, 3.63) is 51.2 Å². The average Bonchev–Trinajstić information content (AvgIpc) is 2.66. The Hall–Kier alpha value is -3.47. The lowest BCUT2D eigenvalue weighted by molar-refractivity contribution is -0.384. The average molecular weight is 384 g/mol. The molecular formula is C20H20N2O6. The van der Waals surface area contributed by atoms with Crippen LogP contribution in [0, 0.1) is 33.8 Å². The lowest BCUT2D eigenvalue weighted by Gasteiger charge is -2.24. The quantitative estimate of drug-likeness (QED) is 0.334. The lowest BCUT2D eigenvalue weighted by atomic mass is 9.83. The van der Waals surface area contributed by atoms with Gasteiger partial charge in [0.05, 0.1) is 29.6 Å². The second-order valence-electron chi connectivity index (χ2n) is 5.83. The highest BCUT2D eigenvalue weighted by Crippen LogP contribution is 2.29. The Morgan fingerprint density at radius 2 is 1.82 bits per heavy atom. The summed E-state index contributed by atoms with van der Waals surface area (Å²) < 4.78 is 10.2. The highest BCUT2D eigenvalue weighted by Gasteiger charge is 2.37. The van der Waals surface area contributed by atoms with Crippen molar-refractivity contribution in [3.63, 3.8) is 0 Å². The molecule has 0 aromatic heterocycles. The Bertz CT molecular complexity index is 890. The van der Waals surface area contributed by atoms with E-state index in [9.17, 15) is 19.7 Å². The van der Waals surface area contributed by atoms with E-state index in [1.807, 2.05) is 0 Å². The van der Waals surface area contributed by atoms with Crippen molar-refractivity contribution in [2.45, 2.75) is 20.8 Å². The van der Waals surface area contributed by atoms with Gasteiger partial charge in [0, 0.05) is 29.6 Å². The van der Waals surface area contributed by atoms with Crippen LogP contribution in [-0.2, 0) is 19.1 Å². The third kappa shape index (κ3) is 4.82. The number of carbonyl (C=O) groups is 2. The van der Waals surface area contributed by atoms with Crippen LogP contribution in [-0.4, -0.2) is 36.3 Å². The van der Waals surface area contributed by atoms with Crippen LogP contribution in [0.1, 0.15) is 26.3 Å². The predicted molar refractivity (Wildman–Crippen MR) is 101 cm³/mol. The predicted octanol–water partition coefficient (Wildman–Crippen LogP) is 2.66. The van der Waals surface area contributed by atoms with Gasteiger partial charge in [-0.1, -0.05) is 11.8 Å². The maximum atomic E-state index is 12.4. The summed E-state index contributed by atoms with van der Waals surface area (Å²) in [6.07, 6.45) is 1.42. The van der Waals surface area contributed by atoms with E-state index in [1.165, 1.54) is 30.5 Å². The van der Waals surface area contributed by atoms with Crippen molar-refractivity contribution in [1.82, 2.24) is 0 Å². The summed E-state index contributed by atoms with van der Waals surface area (Å²) in [7, 11) is 0. The van der Waals surface area contributed by atoms with Gasteiger partial charge in [-0.25, -0.2) is 4.79 Å². The van der Waals surface area contributed by atoms with Gasteiger partial charge < -0.3 is 9.47 Å². The minimum Gasteiger partial charge on any atom is -0.465 e. The molecule has 0 N–H and O–H groups in total. The van der Waals surface area contributed by atoms with Crippen LogP contribution in [0.3, 0.4) is 0 Å². The van der Waals surface area contributed by atoms with E-state index in [0.29, 0.717) is 11.3 Å². The largest absolute Gasteiger partial charge is 0.465 e. The Kier molecular flexibility index (Phi) is 7.04. The molecule has 0 fully saturated rings. The fourth-order valence-corrected chi connectivity index (χ4v) is 2.66. The van der Waals surface area contributed by atoms with Crippen LogP contribution in [0.5, 0.6) is 0 Å². The third-order valence-corrected chi connectivity index (χ3v) is 3.99. The number of allylic oxidation sites excluding steroid dienone is 1. The molecule has 0 bridgehead atoms. The zero-order valence-electron chi connectivity index (χ0n) is 15.8. The van der Waals surface area contributed by atoms with Crippen molar-refractivity contribution < 1.29 is 24.0 Å². The molecule has 8 nitrogen and oxygen atoms in total. The van der Waals surface area contributed by atoms with E-state index in [-0.39, 0.29) is 24.5 Å². The van der Waals surface area contributed by atoms with Crippen molar-refractivity contribution >= 4 is 23.8 Å². The normalized spacial score (nSPS) is 18.1. The standard InChI is InChI=1S/C20H20N2O6/c1-4-27-19(23)17-12-21-13(3)18(20(24)28-5-2)16(17)11-8-14-6-9-15(10-7-14)22(25)26/h6-7,9-10,12,16-17H,4-5H2,1-3H3. The number of esters is 2. The van der Waals surface area contributed by atoms with E-state index in [1.54, 1.807) is 20.8 Å². The van der Waals surface area contributed by atoms with Crippen LogP contribution in [0.2, 0.25) is 0 Å². The Balaban J connectivity index is 2.43. The summed E-state index contributed by atoms with van der Waals surface area (Å²) in [5.41, 5.74) is 1.08. The molecule has 1 aliphatic rings. The van der Waals surface area contributed by atoms with Gasteiger partial charge >= 0.3 is 11.9 Å². The number of nitro groups is 1. The summed E-state index contributed by atoms with van der Waals surface area (Å²) in [4.78, 5) is 39.2. The summed E-state index contributed by atoms with van der Waals surface area (Å²) in [6, 6.07) is 5.68. The van der Waals surface area contributed by atoms with E-state index in [0.717, 1.165) is 0 Å². The number of aliphatic imine (C=N–C) groups is 1. The SMILES string of the molecule is CCOC(=O)C1=C(C)N=CC(C(=O)OCC)C1C#Cc1ccc([N+](=O)[O-])cc1. The first kappa shape index (κ1) is 20.8. The fourth-order valence-electron chi connectivity index (χ4n) is 2.66. The topological polar surface area (TPSA) is 108 Å². The first-order valence-corrected chi connectivity index (χ1v) is 8.73. The second kappa shape index (κ2) is 9.46. The maximum absolute atomic E-state index is 12.4. The number of nitrogens with zero attached hydrogens (tertiary/aromatic N) is 2. The number of hydrogen-bond donors (Lipinski definition) is 0. The third-order valence-electron chi connectivity index (χ3n) is 3.99. The second-order valence-corrected chi connectivity index (χ2v) is 5.83. The van der Waals surface area contributed by atoms with Gasteiger partial charge in [0.15, 0.2) is 0 Å². The molecule has 0 spiro atoms. The molecule has 146 valence electrons. The van der Waals surface area contributed by atoms with Crippen LogP contribution in [0.25, 0.3) is 0 Å². The fraction of sp³-hybridized carbons (Fsp3) is 0.350. The van der Waals surface area contributed by atoms with Gasteiger partial charge in [0.1, 0.15) is 5.92 Å². The van der Waals surface area contributed by atoms with Crippen LogP contribution >= 0.6 is 0 Å². The van der Waals surface area contributed by atoms with Gasteiger partial charge in [-0.15, -0.1) is 0 Å². The minimum atomic E-state index is -0.853. The number of benzene rings is 1. The molecule has 2 rings (SSSR count). The smallest absolute Gasteiger partial charge is 0.337 e. The minimum absolute atomic E-state index is 0.0531. The molecule has 0 saturated heterocycles. The first-order chi connectivity index (χ1) is 13.4. The van der Waals surface area contributed by atoms with Crippen molar-refractivity contribution in [2.24, 2.45) is 16.8 Å². The van der Waals surface area contributed by atoms with Crippen LogP contribution in [0.4, 0.5) is 5.69 Å². The summed E-state index contributed by atoms with van der Waals surface area (Å²) in [5.74, 6) is 3.02. The maximum Gasteiger partial charge on any atom is 0.337 e. The molecule has 2 unspecified atom stereocenters. The molecule has 1 heterocycles.